The van der Waals surface area contributed by atoms with Crippen LogP contribution in [0.25, 0.3) is 0 Å². The lowest BCUT2D eigenvalue weighted by molar-refractivity contribution is 0.136. The van der Waals surface area contributed by atoms with Crippen LogP contribution in [-0.4, -0.2) is 110 Å². The molecule has 0 heterocycles. The van der Waals surface area contributed by atoms with E-state index in [4.69, 9.17) is 37.3 Å². The molecular formula is C32H104O9Si12. The van der Waals surface area contributed by atoms with Crippen LogP contribution in [0.4, 0.5) is 0 Å². The first kappa shape index (κ1) is 72.8. The standard InChI is InChI=1S/C14H42O4Si6.C12H38O5Si6.6CH4/c1-19-14-23(11,12)15-13-24(16-20(2,3)4,17-21(5,6)7)18-22(8,9)10;1-18-13-22(11,12)17-23(14-19(2,3)4,15-20(5,6)7)16-21(8,9)10;;;;;;/h13-14,19H2,1-12H3;18H2,1-12H3;6*1H4. The molecule has 53 heavy (non-hydrogen) atoms. The zero-order chi connectivity index (χ0) is 38.2. The minimum atomic E-state index is -3.23. The van der Waals surface area contributed by atoms with Crippen molar-refractivity contribution in [3.63, 3.8) is 0 Å². The van der Waals surface area contributed by atoms with Gasteiger partial charge < -0.3 is 37.3 Å². The Hall–Kier alpha value is 2.24. The van der Waals surface area contributed by atoms with E-state index in [1.54, 1.807) is 0 Å². The third kappa shape index (κ3) is 42.2. The van der Waals surface area contributed by atoms with Crippen molar-refractivity contribution in [3.05, 3.63) is 0 Å². The van der Waals surface area contributed by atoms with Crippen molar-refractivity contribution in [1.82, 2.24) is 0 Å². The summed E-state index contributed by atoms with van der Waals surface area (Å²) in [5.74, 6) is 0. The zero-order valence-corrected chi connectivity index (χ0v) is 48.3. The average molecular weight is 970 g/mol. The van der Waals surface area contributed by atoms with Gasteiger partial charge in [-0.05, 0) is 150 Å². The van der Waals surface area contributed by atoms with Crippen molar-refractivity contribution in [2.45, 2.75) is 207 Å². The van der Waals surface area contributed by atoms with Gasteiger partial charge in [-0.15, -0.1) is 0 Å². The first-order valence-corrected chi connectivity index (χ1v) is 51.8. The second kappa shape index (κ2) is 27.2. The molecule has 0 aromatic heterocycles. The van der Waals surface area contributed by atoms with E-state index in [2.05, 4.69) is 157 Å². The normalized spacial score (nSPS) is 13.8. The molecule has 21 heteroatoms. The van der Waals surface area contributed by atoms with Gasteiger partial charge in [0.05, 0.1) is 0 Å². The maximum Gasteiger partial charge on any atom is 0.638 e. The topological polar surface area (TPSA) is 83.1 Å². The highest BCUT2D eigenvalue weighted by atomic mass is 28.5. The van der Waals surface area contributed by atoms with Crippen LogP contribution in [0.5, 0.6) is 0 Å². The third-order valence-electron chi connectivity index (χ3n) is 5.03. The molecule has 0 aliphatic heterocycles. The van der Waals surface area contributed by atoms with Gasteiger partial charge in [0.15, 0.2) is 58.2 Å². The quantitative estimate of drug-likeness (QED) is 0.104. The van der Waals surface area contributed by atoms with Crippen molar-refractivity contribution in [2.24, 2.45) is 0 Å². The van der Waals surface area contributed by atoms with Crippen molar-refractivity contribution in [2.75, 3.05) is 6.23 Å². The Morgan fingerprint density at radius 1 is 0.377 bits per heavy atom. The molecule has 0 aliphatic carbocycles. The van der Waals surface area contributed by atoms with E-state index in [1.165, 1.54) is 5.67 Å². The Morgan fingerprint density at radius 3 is 0.849 bits per heavy atom. The molecule has 0 unspecified atom stereocenters. The van der Waals surface area contributed by atoms with E-state index in [-0.39, 0.29) is 54.1 Å². The van der Waals surface area contributed by atoms with Crippen LogP contribution >= 0.6 is 0 Å². The predicted octanol–water partition coefficient (Wildman–Crippen LogP) is 12.1. The zero-order valence-electron chi connectivity index (χ0n) is 35.5. The van der Waals surface area contributed by atoms with Gasteiger partial charge in [-0.3, -0.25) is 0 Å². The van der Waals surface area contributed by atoms with E-state index >= 15 is 0 Å². The van der Waals surface area contributed by atoms with Crippen molar-refractivity contribution >= 4 is 104 Å². The molecule has 0 saturated carbocycles. The molecule has 0 rings (SSSR count). The molecule has 9 nitrogen and oxygen atoms in total. The molecule has 0 amide bonds. The maximum atomic E-state index is 6.66. The average Bonchev–Trinajstić information content (AvgIpc) is 2.63. The Morgan fingerprint density at radius 2 is 0.642 bits per heavy atom. The Kier molecular flexibility index (Phi) is 37.3. The van der Waals surface area contributed by atoms with Crippen molar-refractivity contribution < 1.29 is 37.3 Å². The summed E-state index contributed by atoms with van der Waals surface area (Å²) in [6.07, 6.45) is 0.541. The predicted molar refractivity (Wildman–Crippen MR) is 275 cm³/mol. The molecule has 0 atom stereocenters. The first-order valence-electron chi connectivity index (χ1n) is 17.5. The lowest BCUT2D eigenvalue weighted by Crippen LogP contribution is -2.66. The van der Waals surface area contributed by atoms with E-state index in [0.717, 1.165) is 0 Å². The fraction of sp³-hybridized carbons (Fsp3) is 1.00. The van der Waals surface area contributed by atoms with Crippen LogP contribution < -0.4 is 0 Å². The smallest absolute Gasteiger partial charge is 0.442 e. The highest BCUT2D eigenvalue weighted by Gasteiger charge is 2.57. The Bertz CT molecular complexity index is 825. The van der Waals surface area contributed by atoms with Crippen LogP contribution in [0.1, 0.15) is 44.6 Å². The van der Waals surface area contributed by atoms with Crippen molar-refractivity contribution in [3.8, 4) is 0 Å². The van der Waals surface area contributed by atoms with E-state index in [0.29, 0.717) is 6.23 Å². The molecule has 0 aromatic rings. The molecule has 0 fully saturated rings. The van der Waals surface area contributed by atoms with Gasteiger partial charge in [-0.2, -0.15) is 0 Å². The summed E-state index contributed by atoms with van der Waals surface area (Å²) in [6, 6.07) is 0. The molecule has 0 radical (unpaired) electrons. The minimum absolute atomic E-state index is 0. The SMILES string of the molecule is C.C.C.C.C.C.C[SiH2]C[Si](C)(C)OC[Si](O[Si](C)(C)C)(O[Si](C)(C)C)O[Si](C)(C)C.C[SiH2]O[Si](C)(C)O[Si](O[Si](C)(C)C)(O[Si](C)(C)C)O[Si](C)(C)C. The second-order valence-electron chi connectivity index (χ2n) is 19.2. The van der Waals surface area contributed by atoms with E-state index in [1.807, 2.05) is 0 Å². The summed E-state index contributed by atoms with van der Waals surface area (Å²) in [6.45, 7) is 52.6. The van der Waals surface area contributed by atoms with Crippen molar-refractivity contribution in [1.29, 1.82) is 0 Å². The Balaban J connectivity index is -0.000000114. The summed E-state index contributed by atoms with van der Waals surface area (Å²) in [7, 11) is -21.7. The number of hydrogen-bond acceptors (Lipinski definition) is 9. The van der Waals surface area contributed by atoms with Gasteiger partial charge in [0.1, 0.15) is 16.0 Å². The lowest BCUT2D eigenvalue weighted by Gasteiger charge is -2.44. The van der Waals surface area contributed by atoms with Crippen LogP contribution in [0.15, 0.2) is 0 Å². The van der Waals surface area contributed by atoms with E-state index < -0.39 is 94.4 Å². The summed E-state index contributed by atoms with van der Waals surface area (Å²) in [5.41, 5.74) is 1.30. The molecule has 334 valence electrons. The van der Waals surface area contributed by atoms with Crippen LogP contribution in [0.2, 0.25) is 163 Å². The minimum Gasteiger partial charge on any atom is -0.442 e. The molecule has 0 aliphatic rings. The van der Waals surface area contributed by atoms with Gasteiger partial charge >= 0.3 is 26.4 Å². The summed E-state index contributed by atoms with van der Waals surface area (Å²) in [5, 5.41) is 0. The highest BCUT2D eigenvalue weighted by molar-refractivity contribution is 6.92. The number of hydrogen-bond donors (Lipinski definition) is 0. The van der Waals surface area contributed by atoms with Gasteiger partial charge in [0.2, 0.25) is 0 Å². The third-order valence-corrected chi connectivity index (χ3v) is 41.9. The molecule has 0 saturated heterocycles. The van der Waals surface area contributed by atoms with Gasteiger partial charge in [0.25, 0.3) is 0 Å². The monoisotopic (exact) mass is 968 g/mol. The molecule has 0 N–H and O–H groups in total. The second-order valence-corrected chi connectivity index (χ2v) is 64.3. The molecular weight excluding hydrogens is 865 g/mol. The summed E-state index contributed by atoms with van der Waals surface area (Å²) in [4.78, 5) is 0. The largest absolute Gasteiger partial charge is 0.638 e. The molecule has 0 spiro atoms. The van der Waals surface area contributed by atoms with Gasteiger partial charge in [0, 0.05) is 9.52 Å². The van der Waals surface area contributed by atoms with E-state index in [9.17, 15) is 0 Å². The van der Waals surface area contributed by atoms with Crippen LogP contribution in [0, 0.1) is 0 Å². The fourth-order valence-corrected chi connectivity index (χ4v) is 43.8. The molecule has 0 bridgehead atoms. The van der Waals surface area contributed by atoms with Crippen LogP contribution in [0.3, 0.4) is 0 Å². The van der Waals surface area contributed by atoms with Crippen LogP contribution in [-0.2, 0) is 37.3 Å². The highest BCUT2D eigenvalue weighted by Crippen LogP contribution is 2.30. The maximum absolute atomic E-state index is 6.66. The lowest BCUT2D eigenvalue weighted by atomic mass is 11.7. The fourth-order valence-electron chi connectivity index (χ4n) is 4.44. The van der Waals surface area contributed by atoms with Gasteiger partial charge in [-0.1, -0.05) is 57.7 Å². The van der Waals surface area contributed by atoms with Gasteiger partial charge in [-0.25, -0.2) is 0 Å². The molecule has 0 aromatic carbocycles. The first-order chi connectivity index (χ1) is 20.3. The number of rotatable bonds is 21. The Labute approximate surface area is 352 Å². The summed E-state index contributed by atoms with van der Waals surface area (Å²) < 4.78 is 58.6. The summed E-state index contributed by atoms with van der Waals surface area (Å²) >= 11 is 0.